The van der Waals surface area contributed by atoms with Crippen LogP contribution in [0.2, 0.25) is 0 Å². The number of likely N-dealkylation sites (tertiary alicyclic amines) is 1. The average molecular weight is 360 g/mol. The van der Waals surface area contributed by atoms with E-state index in [2.05, 4.69) is 0 Å². The molecule has 2 heterocycles. The lowest BCUT2D eigenvalue weighted by Gasteiger charge is -2.37. The molecular weight excluding hydrogens is 342 g/mol. The SMILES string of the molecule is CCN1C(=O)C(=C2CCC(Cl)N2CC(=O)O)C(=O)N(CC)C1=S. The Morgan fingerprint density at radius 1 is 1.26 bits per heavy atom. The second-order valence-electron chi connectivity index (χ2n) is 5.20. The molecule has 2 fully saturated rings. The van der Waals surface area contributed by atoms with Crippen LogP contribution in [-0.2, 0) is 14.4 Å². The van der Waals surface area contributed by atoms with Gasteiger partial charge >= 0.3 is 5.97 Å². The molecule has 1 unspecified atom stereocenters. The van der Waals surface area contributed by atoms with E-state index in [0.29, 0.717) is 31.6 Å². The fraction of sp³-hybridized carbons (Fsp3) is 0.571. The predicted octanol–water partition coefficient (Wildman–Crippen LogP) is 0.981. The minimum atomic E-state index is -1.07. The Labute approximate surface area is 144 Å². The first-order valence-electron chi connectivity index (χ1n) is 7.36. The van der Waals surface area contributed by atoms with Crippen LogP contribution in [0.15, 0.2) is 11.3 Å². The number of aliphatic carboxylic acids is 1. The number of likely N-dealkylation sites (N-methyl/N-ethyl adjacent to an activating group) is 2. The van der Waals surface area contributed by atoms with E-state index in [1.807, 2.05) is 0 Å². The number of rotatable bonds is 4. The summed E-state index contributed by atoms with van der Waals surface area (Å²) in [6.07, 6.45) is 0.868. The molecule has 0 aromatic carbocycles. The Bertz CT molecular complexity index is 579. The minimum Gasteiger partial charge on any atom is -0.480 e. The number of halogens is 1. The Kier molecular flexibility index (Phi) is 5.26. The Morgan fingerprint density at radius 2 is 1.78 bits per heavy atom. The van der Waals surface area contributed by atoms with Crippen molar-refractivity contribution in [2.24, 2.45) is 0 Å². The fourth-order valence-corrected chi connectivity index (χ4v) is 3.54. The molecule has 2 saturated heterocycles. The molecule has 1 N–H and O–H groups in total. The van der Waals surface area contributed by atoms with Gasteiger partial charge in [-0.05, 0) is 38.9 Å². The largest absolute Gasteiger partial charge is 0.480 e. The highest BCUT2D eigenvalue weighted by Crippen LogP contribution is 2.34. The smallest absolute Gasteiger partial charge is 0.323 e. The van der Waals surface area contributed by atoms with Crippen LogP contribution in [-0.4, -0.2) is 67.8 Å². The number of carbonyl (C=O) groups is 3. The van der Waals surface area contributed by atoms with E-state index in [0.717, 1.165) is 0 Å². The van der Waals surface area contributed by atoms with Crippen LogP contribution in [0.25, 0.3) is 0 Å². The molecule has 0 aromatic heterocycles. The van der Waals surface area contributed by atoms with Crippen molar-refractivity contribution in [2.75, 3.05) is 19.6 Å². The van der Waals surface area contributed by atoms with Gasteiger partial charge in [-0.3, -0.25) is 24.2 Å². The summed E-state index contributed by atoms with van der Waals surface area (Å²) in [6, 6.07) is 0. The number of carboxylic acids is 1. The molecule has 1 atom stereocenters. The zero-order chi connectivity index (χ0) is 17.3. The predicted molar refractivity (Wildman–Crippen MR) is 87.6 cm³/mol. The van der Waals surface area contributed by atoms with Gasteiger partial charge in [0.25, 0.3) is 11.8 Å². The van der Waals surface area contributed by atoms with E-state index < -0.39 is 23.3 Å². The molecule has 23 heavy (non-hydrogen) atoms. The first-order valence-corrected chi connectivity index (χ1v) is 8.21. The van der Waals surface area contributed by atoms with Gasteiger partial charge in [-0.25, -0.2) is 0 Å². The summed E-state index contributed by atoms with van der Waals surface area (Å²) in [4.78, 5) is 40.5. The van der Waals surface area contributed by atoms with Gasteiger partial charge < -0.3 is 10.0 Å². The third kappa shape index (κ3) is 3.05. The number of amides is 2. The van der Waals surface area contributed by atoms with Crippen molar-refractivity contribution in [1.29, 1.82) is 0 Å². The molecule has 0 saturated carbocycles. The number of carbonyl (C=O) groups excluding carboxylic acids is 2. The van der Waals surface area contributed by atoms with E-state index in [9.17, 15) is 14.4 Å². The Balaban J connectivity index is 2.52. The van der Waals surface area contributed by atoms with Crippen molar-refractivity contribution >= 4 is 46.7 Å². The standard InChI is InChI=1S/C14H18ClN3O4S/c1-3-16-12(21)11(13(22)17(4-2)14(16)23)8-5-6-9(15)18(8)7-10(19)20/h9H,3-7H2,1-2H3,(H,19,20). The molecule has 0 spiro atoms. The van der Waals surface area contributed by atoms with Gasteiger partial charge in [0.15, 0.2) is 5.11 Å². The average Bonchev–Trinajstić information content (AvgIpc) is 2.81. The first kappa shape index (κ1) is 17.7. The lowest BCUT2D eigenvalue weighted by Crippen LogP contribution is -2.56. The summed E-state index contributed by atoms with van der Waals surface area (Å²) in [5.41, 5.74) is -0.179. The first-order chi connectivity index (χ1) is 10.8. The molecule has 2 aliphatic rings. The van der Waals surface area contributed by atoms with Crippen molar-refractivity contribution in [3.63, 3.8) is 0 Å². The van der Waals surface area contributed by atoms with Gasteiger partial charge in [0.05, 0.1) is 0 Å². The zero-order valence-electron chi connectivity index (χ0n) is 12.9. The normalized spacial score (nSPS) is 22.5. The van der Waals surface area contributed by atoms with Crippen LogP contribution >= 0.6 is 23.8 Å². The minimum absolute atomic E-state index is 0.0216. The van der Waals surface area contributed by atoms with Gasteiger partial charge in [-0.15, -0.1) is 0 Å². The summed E-state index contributed by atoms with van der Waals surface area (Å²) < 4.78 is 0. The van der Waals surface area contributed by atoms with Crippen molar-refractivity contribution in [3.05, 3.63) is 11.3 Å². The van der Waals surface area contributed by atoms with Crippen molar-refractivity contribution in [2.45, 2.75) is 32.2 Å². The van der Waals surface area contributed by atoms with Gasteiger partial charge in [-0.1, -0.05) is 11.6 Å². The second-order valence-corrected chi connectivity index (χ2v) is 6.07. The zero-order valence-corrected chi connectivity index (χ0v) is 14.5. The molecule has 2 aliphatic heterocycles. The molecule has 0 aromatic rings. The summed E-state index contributed by atoms with van der Waals surface area (Å²) in [7, 11) is 0. The van der Waals surface area contributed by atoms with Crippen LogP contribution in [0.5, 0.6) is 0 Å². The summed E-state index contributed by atoms with van der Waals surface area (Å²) in [6.45, 7) is 3.85. The lowest BCUT2D eigenvalue weighted by atomic mass is 10.1. The number of hydrogen-bond donors (Lipinski definition) is 1. The van der Waals surface area contributed by atoms with Crippen molar-refractivity contribution in [1.82, 2.24) is 14.7 Å². The maximum Gasteiger partial charge on any atom is 0.323 e. The van der Waals surface area contributed by atoms with Gasteiger partial charge in [0.2, 0.25) is 0 Å². The molecule has 126 valence electrons. The van der Waals surface area contributed by atoms with E-state index in [1.54, 1.807) is 13.8 Å². The van der Waals surface area contributed by atoms with Crippen LogP contribution in [0.4, 0.5) is 0 Å². The Hall–Kier alpha value is -1.67. The highest BCUT2D eigenvalue weighted by atomic mass is 35.5. The van der Waals surface area contributed by atoms with Gasteiger partial charge in [0, 0.05) is 18.8 Å². The molecule has 2 rings (SSSR count). The summed E-state index contributed by atoms with van der Waals surface area (Å²) in [5, 5.41) is 9.22. The van der Waals surface area contributed by atoms with Gasteiger partial charge in [0.1, 0.15) is 17.6 Å². The molecule has 9 heteroatoms. The van der Waals surface area contributed by atoms with E-state index in [1.165, 1.54) is 14.7 Å². The molecule has 7 nitrogen and oxygen atoms in total. The monoisotopic (exact) mass is 359 g/mol. The summed E-state index contributed by atoms with van der Waals surface area (Å²) >= 11 is 11.4. The number of alkyl halides is 1. The quantitative estimate of drug-likeness (QED) is 0.265. The highest BCUT2D eigenvalue weighted by molar-refractivity contribution is 7.80. The topological polar surface area (TPSA) is 81.2 Å². The van der Waals surface area contributed by atoms with Crippen LogP contribution < -0.4 is 0 Å². The van der Waals surface area contributed by atoms with Crippen LogP contribution in [0, 0.1) is 0 Å². The van der Waals surface area contributed by atoms with Crippen LogP contribution in [0.1, 0.15) is 26.7 Å². The second kappa shape index (κ2) is 6.84. The van der Waals surface area contributed by atoms with Gasteiger partial charge in [-0.2, -0.15) is 0 Å². The fourth-order valence-electron chi connectivity index (χ4n) is 2.82. The molecular formula is C14H18ClN3O4S. The number of allylic oxidation sites excluding steroid dienone is 1. The molecule has 0 radical (unpaired) electrons. The Morgan fingerprint density at radius 3 is 2.22 bits per heavy atom. The van der Waals surface area contributed by atoms with Crippen molar-refractivity contribution < 1.29 is 19.5 Å². The van der Waals surface area contributed by atoms with E-state index in [-0.39, 0.29) is 17.2 Å². The highest BCUT2D eigenvalue weighted by Gasteiger charge is 2.43. The molecule has 2 amide bonds. The van der Waals surface area contributed by atoms with E-state index in [4.69, 9.17) is 28.9 Å². The summed E-state index contributed by atoms with van der Waals surface area (Å²) in [5.74, 6) is -2.03. The molecule has 0 aliphatic carbocycles. The van der Waals surface area contributed by atoms with E-state index >= 15 is 0 Å². The number of carboxylic acid groups (broad SMARTS) is 1. The number of hydrogen-bond acceptors (Lipinski definition) is 5. The lowest BCUT2D eigenvalue weighted by molar-refractivity contribution is -0.138. The number of nitrogens with zero attached hydrogens (tertiary/aromatic N) is 3. The maximum atomic E-state index is 12.7. The third-order valence-electron chi connectivity index (χ3n) is 3.91. The third-order valence-corrected chi connectivity index (χ3v) is 4.81. The number of thiocarbonyl (C=S) groups is 1. The maximum absolute atomic E-state index is 12.7. The van der Waals surface area contributed by atoms with Crippen molar-refractivity contribution in [3.8, 4) is 0 Å². The van der Waals surface area contributed by atoms with Crippen LogP contribution in [0.3, 0.4) is 0 Å². The molecule has 0 bridgehead atoms.